The lowest BCUT2D eigenvalue weighted by Crippen LogP contribution is -2.45. The number of alkyl halides is 6. The molecule has 0 spiro atoms. The molecule has 200 valence electrons. The molecule has 0 radical (unpaired) electrons. The SMILES string of the molecule is FC(F)(F)c1cc(CN2CCC(N3C=NC(c4ccccc4)(c4ccccc4)C3)CC2)cc(C(F)(F)F)c1. The minimum absolute atomic E-state index is 0.0144. The quantitative estimate of drug-likeness (QED) is 0.331. The van der Waals surface area contributed by atoms with E-state index in [1.165, 1.54) is 0 Å². The number of piperidine rings is 1. The molecule has 0 atom stereocenters. The summed E-state index contributed by atoms with van der Waals surface area (Å²) in [6, 6.07) is 22.2. The molecule has 0 bridgehead atoms. The maximum Gasteiger partial charge on any atom is 0.416 e. The van der Waals surface area contributed by atoms with Gasteiger partial charge in [0.15, 0.2) is 0 Å². The highest BCUT2D eigenvalue weighted by Gasteiger charge is 2.41. The number of rotatable bonds is 5. The number of hydrogen-bond acceptors (Lipinski definition) is 3. The number of nitrogens with zero attached hydrogens (tertiary/aromatic N) is 3. The number of likely N-dealkylation sites (tertiary alicyclic amines) is 1. The Balaban J connectivity index is 1.28. The van der Waals surface area contributed by atoms with Crippen molar-refractivity contribution in [2.45, 2.75) is 43.3 Å². The van der Waals surface area contributed by atoms with Gasteiger partial charge in [0.05, 0.1) is 24.0 Å². The van der Waals surface area contributed by atoms with E-state index in [-0.39, 0.29) is 24.2 Å². The number of benzene rings is 3. The summed E-state index contributed by atoms with van der Waals surface area (Å²) in [5.74, 6) is 0. The van der Waals surface area contributed by atoms with Crippen molar-refractivity contribution in [2.24, 2.45) is 4.99 Å². The molecule has 1 saturated heterocycles. The molecule has 0 amide bonds. The maximum atomic E-state index is 13.2. The lowest BCUT2D eigenvalue weighted by Gasteiger charge is -2.38. The zero-order chi connectivity index (χ0) is 27.0. The molecule has 38 heavy (non-hydrogen) atoms. The van der Waals surface area contributed by atoms with Gasteiger partial charge >= 0.3 is 12.4 Å². The fourth-order valence-electron chi connectivity index (χ4n) is 5.45. The Labute approximate surface area is 217 Å². The van der Waals surface area contributed by atoms with Crippen molar-refractivity contribution in [1.82, 2.24) is 9.80 Å². The number of hydrogen-bond donors (Lipinski definition) is 0. The summed E-state index contributed by atoms with van der Waals surface area (Å²) in [6.07, 6.45) is -6.33. The first-order valence-corrected chi connectivity index (χ1v) is 12.5. The first-order chi connectivity index (χ1) is 18.0. The van der Waals surface area contributed by atoms with Gasteiger partial charge in [0.1, 0.15) is 5.54 Å². The van der Waals surface area contributed by atoms with Gasteiger partial charge in [-0.25, -0.2) is 0 Å². The first kappa shape index (κ1) is 26.3. The summed E-state index contributed by atoms with van der Waals surface area (Å²) >= 11 is 0. The average molecular weight is 532 g/mol. The summed E-state index contributed by atoms with van der Waals surface area (Å²) < 4.78 is 79.5. The van der Waals surface area contributed by atoms with Gasteiger partial charge in [0.25, 0.3) is 0 Å². The second-order valence-corrected chi connectivity index (χ2v) is 9.93. The van der Waals surface area contributed by atoms with Gasteiger partial charge in [-0.05, 0) is 47.7 Å². The molecule has 2 heterocycles. The Morgan fingerprint density at radius 2 is 1.24 bits per heavy atom. The van der Waals surface area contributed by atoms with Gasteiger partial charge in [-0.3, -0.25) is 9.89 Å². The van der Waals surface area contributed by atoms with Crippen LogP contribution in [0.2, 0.25) is 0 Å². The van der Waals surface area contributed by atoms with Crippen LogP contribution in [0, 0.1) is 0 Å². The molecule has 0 saturated carbocycles. The molecule has 1 fully saturated rings. The Hall–Kier alpha value is -3.33. The topological polar surface area (TPSA) is 18.8 Å². The van der Waals surface area contributed by atoms with Gasteiger partial charge < -0.3 is 4.90 Å². The second kappa shape index (κ2) is 10.1. The lowest BCUT2D eigenvalue weighted by molar-refractivity contribution is -0.143. The van der Waals surface area contributed by atoms with E-state index >= 15 is 0 Å². The Morgan fingerprint density at radius 1 is 0.737 bits per heavy atom. The van der Waals surface area contributed by atoms with Crippen LogP contribution < -0.4 is 0 Å². The van der Waals surface area contributed by atoms with Crippen LogP contribution in [-0.2, 0) is 24.4 Å². The lowest BCUT2D eigenvalue weighted by atomic mass is 9.83. The van der Waals surface area contributed by atoms with Crippen LogP contribution in [0.15, 0.2) is 83.9 Å². The predicted octanol–water partition coefficient (Wildman–Crippen LogP) is 6.98. The molecule has 3 aromatic carbocycles. The molecule has 5 rings (SSSR count). The normalized spacial score (nSPS) is 18.7. The molecule has 2 aliphatic heterocycles. The number of halogens is 6. The van der Waals surface area contributed by atoms with Crippen LogP contribution in [0.5, 0.6) is 0 Å². The van der Waals surface area contributed by atoms with Crippen LogP contribution >= 0.6 is 0 Å². The summed E-state index contributed by atoms with van der Waals surface area (Å²) in [7, 11) is 0. The molecule has 3 aromatic rings. The largest absolute Gasteiger partial charge is 0.416 e. The number of aliphatic imine (C=N–C) groups is 1. The van der Waals surface area contributed by atoms with Crippen LogP contribution in [-0.4, -0.2) is 41.8 Å². The van der Waals surface area contributed by atoms with E-state index < -0.39 is 29.0 Å². The molecular formula is C29H27F6N3. The van der Waals surface area contributed by atoms with Gasteiger partial charge in [0.2, 0.25) is 0 Å². The van der Waals surface area contributed by atoms with Gasteiger partial charge in [0, 0.05) is 25.7 Å². The third-order valence-electron chi connectivity index (χ3n) is 7.42. The third kappa shape index (κ3) is 5.43. The van der Waals surface area contributed by atoms with E-state index in [9.17, 15) is 26.3 Å². The molecule has 2 aliphatic rings. The Kier molecular flexibility index (Phi) is 6.98. The monoisotopic (exact) mass is 531 g/mol. The highest BCUT2D eigenvalue weighted by Crippen LogP contribution is 2.39. The van der Waals surface area contributed by atoms with E-state index in [0.29, 0.717) is 19.6 Å². The van der Waals surface area contributed by atoms with E-state index in [4.69, 9.17) is 4.99 Å². The van der Waals surface area contributed by atoms with Crippen LogP contribution in [0.25, 0.3) is 0 Å². The standard InChI is InChI=1S/C29H27F6N3/c30-28(31,32)24-15-21(16-25(17-24)29(33,34)35)18-37-13-11-26(12-14-37)38-19-27(36-20-38,22-7-3-1-4-8-22)23-9-5-2-6-10-23/h1-10,15-17,20,26H,11-14,18-19H2. The second-order valence-electron chi connectivity index (χ2n) is 9.93. The van der Waals surface area contributed by atoms with Crippen LogP contribution in [0.4, 0.5) is 26.3 Å². The zero-order valence-corrected chi connectivity index (χ0v) is 20.5. The van der Waals surface area contributed by atoms with Gasteiger partial charge in [-0.2, -0.15) is 26.3 Å². The summed E-state index contributed by atoms with van der Waals surface area (Å²) in [5, 5.41) is 0. The Morgan fingerprint density at radius 3 is 1.71 bits per heavy atom. The van der Waals surface area contributed by atoms with Crippen molar-refractivity contribution in [2.75, 3.05) is 19.6 Å². The van der Waals surface area contributed by atoms with Crippen molar-refractivity contribution in [3.8, 4) is 0 Å². The van der Waals surface area contributed by atoms with Crippen molar-refractivity contribution in [3.63, 3.8) is 0 Å². The van der Waals surface area contributed by atoms with Crippen molar-refractivity contribution in [1.29, 1.82) is 0 Å². The highest BCUT2D eigenvalue weighted by molar-refractivity contribution is 5.63. The van der Waals surface area contributed by atoms with Gasteiger partial charge in [-0.1, -0.05) is 60.7 Å². The third-order valence-corrected chi connectivity index (χ3v) is 7.42. The molecular weight excluding hydrogens is 504 g/mol. The van der Waals surface area contributed by atoms with Crippen molar-refractivity contribution < 1.29 is 26.3 Å². The average Bonchev–Trinajstić information content (AvgIpc) is 3.36. The zero-order valence-electron chi connectivity index (χ0n) is 20.5. The summed E-state index contributed by atoms with van der Waals surface area (Å²) in [4.78, 5) is 9.13. The van der Waals surface area contributed by atoms with Crippen molar-refractivity contribution in [3.05, 3.63) is 107 Å². The fourth-order valence-corrected chi connectivity index (χ4v) is 5.45. The summed E-state index contributed by atoms with van der Waals surface area (Å²) in [6.45, 7) is 1.83. The molecule has 0 N–H and O–H groups in total. The summed E-state index contributed by atoms with van der Waals surface area (Å²) in [5.41, 5.74) is -0.890. The molecule has 0 unspecified atom stereocenters. The van der Waals surface area contributed by atoms with E-state index in [1.54, 1.807) is 0 Å². The van der Waals surface area contributed by atoms with Crippen LogP contribution in [0.3, 0.4) is 0 Å². The van der Waals surface area contributed by atoms with Crippen molar-refractivity contribution >= 4 is 6.34 Å². The predicted molar refractivity (Wildman–Crippen MR) is 134 cm³/mol. The van der Waals surface area contributed by atoms with E-state index in [1.807, 2.05) is 47.6 Å². The minimum atomic E-state index is -4.85. The smallest absolute Gasteiger partial charge is 0.357 e. The van der Waals surface area contributed by atoms with Gasteiger partial charge in [-0.15, -0.1) is 0 Å². The molecule has 3 nitrogen and oxygen atoms in total. The molecule has 0 aliphatic carbocycles. The first-order valence-electron chi connectivity index (χ1n) is 12.5. The van der Waals surface area contributed by atoms with E-state index in [2.05, 4.69) is 29.2 Å². The maximum absolute atomic E-state index is 13.2. The highest BCUT2D eigenvalue weighted by atomic mass is 19.4. The fraction of sp³-hybridized carbons (Fsp3) is 0.345. The minimum Gasteiger partial charge on any atom is -0.357 e. The molecule has 9 heteroatoms. The molecule has 0 aromatic heterocycles. The Bertz CT molecular complexity index is 1190. The van der Waals surface area contributed by atoms with Crippen LogP contribution in [0.1, 0.15) is 40.7 Å². The van der Waals surface area contributed by atoms with E-state index in [0.717, 1.165) is 36.1 Å².